The molecule has 2 aromatic rings. The molecule has 0 aliphatic heterocycles. The Morgan fingerprint density at radius 1 is 1.19 bits per heavy atom. The molecular formula is C13H14ClNO. The second-order valence-electron chi connectivity index (χ2n) is 4.66. The van der Waals surface area contributed by atoms with E-state index in [9.17, 15) is 0 Å². The molecule has 0 fully saturated rings. The van der Waals surface area contributed by atoms with E-state index in [2.05, 4.69) is 4.98 Å². The van der Waals surface area contributed by atoms with Crippen LogP contribution in [-0.4, -0.2) is 10.6 Å². The lowest BCUT2D eigenvalue weighted by Gasteiger charge is -2.22. The molecule has 0 aliphatic rings. The van der Waals surface area contributed by atoms with Crippen LogP contribution in [0.25, 0.3) is 10.9 Å². The first kappa shape index (κ1) is 11.2. The molecule has 1 heterocycles. The quantitative estimate of drug-likeness (QED) is 0.744. The fraction of sp³-hybridized carbons (Fsp3) is 0.308. The van der Waals surface area contributed by atoms with Crippen LogP contribution in [0.5, 0.6) is 5.75 Å². The fourth-order valence-electron chi connectivity index (χ4n) is 1.53. The maximum absolute atomic E-state index is 6.08. The Labute approximate surface area is 100 Å². The smallest absolute Gasteiger partial charge is 0.131 e. The van der Waals surface area contributed by atoms with E-state index in [1.807, 2.05) is 45.0 Å². The van der Waals surface area contributed by atoms with E-state index in [1.165, 1.54) is 0 Å². The van der Waals surface area contributed by atoms with Gasteiger partial charge in [0.2, 0.25) is 0 Å². The maximum atomic E-state index is 6.08. The van der Waals surface area contributed by atoms with Crippen LogP contribution >= 0.6 is 11.6 Å². The van der Waals surface area contributed by atoms with Gasteiger partial charge in [0, 0.05) is 11.6 Å². The van der Waals surface area contributed by atoms with E-state index < -0.39 is 0 Å². The van der Waals surface area contributed by atoms with Gasteiger partial charge in [-0.05, 0) is 39.0 Å². The van der Waals surface area contributed by atoms with Gasteiger partial charge < -0.3 is 4.74 Å². The molecule has 2 rings (SSSR count). The van der Waals surface area contributed by atoms with Gasteiger partial charge >= 0.3 is 0 Å². The van der Waals surface area contributed by atoms with Crippen molar-refractivity contribution in [2.45, 2.75) is 26.4 Å². The van der Waals surface area contributed by atoms with Crippen LogP contribution in [0.3, 0.4) is 0 Å². The number of rotatable bonds is 1. The average molecular weight is 236 g/mol. The second-order valence-corrected chi connectivity index (χ2v) is 5.07. The molecular weight excluding hydrogens is 222 g/mol. The summed E-state index contributed by atoms with van der Waals surface area (Å²) < 4.78 is 5.87. The third-order valence-corrected chi connectivity index (χ3v) is 2.40. The van der Waals surface area contributed by atoms with Crippen LogP contribution in [0.4, 0.5) is 0 Å². The van der Waals surface area contributed by atoms with E-state index in [0.717, 1.165) is 16.7 Å². The number of nitrogens with zero attached hydrogens (tertiary/aromatic N) is 1. The Balaban J connectivity index is 2.58. The molecule has 3 heteroatoms. The molecule has 84 valence electrons. The standard InChI is InChI=1S/C13H14ClNO/c1-13(2,3)16-11-7-8-15-12-9(11)5-4-6-10(12)14/h4-8H,1-3H3. The van der Waals surface area contributed by atoms with Crippen molar-refractivity contribution in [1.29, 1.82) is 0 Å². The molecule has 0 spiro atoms. The maximum Gasteiger partial charge on any atom is 0.131 e. The van der Waals surface area contributed by atoms with Gasteiger partial charge in [-0.1, -0.05) is 17.7 Å². The molecule has 1 aromatic heterocycles. The Bertz CT molecular complexity index is 517. The summed E-state index contributed by atoms with van der Waals surface area (Å²) in [5.41, 5.74) is 0.558. The van der Waals surface area contributed by atoms with Gasteiger partial charge in [0.1, 0.15) is 11.4 Å². The first-order valence-electron chi connectivity index (χ1n) is 5.20. The molecule has 0 amide bonds. The topological polar surface area (TPSA) is 22.1 Å². The van der Waals surface area contributed by atoms with Crippen molar-refractivity contribution in [2.75, 3.05) is 0 Å². The minimum Gasteiger partial charge on any atom is -0.487 e. The predicted molar refractivity (Wildman–Crippen MR) is 67.1 cm³/mol. The average Bonchev–Trinajstić information content (AvgIpc) is 2.17. The summed E-state index contributed by atoms with van der Waals surface area (Å²) in [6.07, 6.45) is 1.72. The Hall–Kier alpha value is -1.28. The Morgan fingerprint density at radius 3 is 2.62 bits per heavy atom. The van der Waals surface area contributed by atoms with Gasteiger partial charge in [-0.15, -0.1) is 0 Å². The normalized spacial score (nSPS) is 11.8. The van der Waals surface area contributed by atoms with Crippen LogP contribution in [0.15, 0.2) is 30.5 Å². The molecule has 0 atom stereocenters. The highest BCUT2D eigenvalue weighted by Crippen LogP contribution is 2.30. The number of halogens is 1. The lowest BCUT2D eigenvalue weighted by Crippen LogP contribution is -2.23. The Kier molecular flexibility index (Phi) is 2.76. The van der Waals surface area contributed by atoms with Crippen LogP contribution < -0.4 is 4.74 Å². The molecule has 0 radical (unpaired) electrons. The van der Waals surface area contributed by atoms with Crippen LogP contribution in [0, 0.1) is 0 Å². The van der Waals surface area contributed by atoms with Gasteiger partial charge in [0.25, 0.3) is 0 Å². The van der Waals surface area contributed by atoms with E-state index >= 15 is 0 Å². The highest BCUT2D eigenvalue weighted by atomic mass is 35.5. The van der Waals surface area contributed by atoms with Crippen molar-refractivity contribution in [3.8, 4) is 5.75 Å². The number of aromatic nitrogens is 1. The number of hydrogen-bond acceptors (Lipinski definition) is 2. The number of benzene rings is 1. The minimum absolute atomic E-state index is 0.226. The van der Waals surface area contributed by atoms with Crippen LogP contribution in [0.1, 0.15) is 20.8 Å². The van der Waals surface area contributed by atoms with Gasteiger partial charge in [-0.3, -0.25) is 4.98 Å². The summed E-state index contributed by atoms with van der Waals surface area (Å²) >= 11 is 6.08. The molecule has 0 aliphatic carbocycles. The summed E-state index contributed by atoms with van der Waals surface area (Å²) in [5, 5.41) is 1.60. The summed E-state index contributed by atoms with van der Waals surface area (Å²) in [4.78, 5) is 4.26. The monoisotopic (exact) mass is 235 g/mol. The van der Waals surface area contributed by atoms with Crippen molar-refractivity contribution >= 4 is 22.5 Å². The van der Waals surface area contributed by atoms with Crippen LogP contribution in [-0.2, 0) is 0 Å². The van der Waals surface area contributed by atoms with Gasteiger partial charge in [-0.2, -0.15) is 0 Å². The van der Waals surface area contributed by atoms with Crippen molar-refractivity contribution < 1.29 is 4.74 Å². The first-order valence-corrected chi connectivity index (χ1v) is 5.57. The Morgan fingerprint density at radius 2 is 1.94 bits per heavy atom. The van der Waals surface area contributed by atoms with E-state index in [4.69, 9.17) is 16.3 Å². The number of ether oxygens (including phenoxy) is 1. The molecule has 0 N–H and O–H groups in total. The molecule has 0 unspecified atom stereocenters. The lowest BCUT2D eigenvalue weighted by molar-refractivity contribution is 0.133. The lowest BCUT2D eigenvalue weighted by atomic mass is 10.1. The van der Waals surface area contributed by atoms with Crippen LogP contribution in [0.2, 0.25) is 5.02 Å². The van der Waals surface area contributed by atoms with Crippen molar-refractivity contribution in [2.24, 2.45) is 0 Å². The van der Waals surface area contributed by atoms with Crippen molar-refractivity contribution in [1.82, 2.24) is 4.98 Å². The summed E-state index contributed by atoms with van der Waals surface area (Å²) in [6.45, 7) is 6.05. The fourth-order valence-corrected chi connectivity index (χ4v) is 1.76. The molecule has 1 aromatic carbocycles. The summed E-state index contributed by atoms with van der Waals surface area (Å²) in [6, 6.07) is 7.57. The van der Waals surface area contributed by atoms with Crippen molar-refractivity contribution in [3.05, 3.63) is 35.5 Å². The molecule has 16 heavy (non-hydrogen) atoms. The predicted octanol–water partition coefficient (Wildman–Crippen LogP) is 4.07. The van der Waals surface area contributed by atoms with Gasteiger partial charge in [0.15, 0.2) is 0 Å². The van der Waals surface area contributed by atoms with Crippen molar-refractivity contribution in [3.63, 3.8) is 0 Å². The van der Waals surface area contributed by atoms with Gasteiger partial charge in [-0.25, -0.2) is 0 Å². The number of fused-ring (bicyclic) bond motifs is 1. The molecule has 0 saturated carbocycles. The number of para-hydroxylation sites is 1. The zero-order chi connectivity index (χ0) is 11.8. The van der Waals surface area contributed by atoms with E-state index in [1.54, 1.807) is 6.20 Å². The highest BCUT2D eigenvalue weighted by Gasteiger charge is 2.14. The third-order valence-electron chi connectivity index (χ3n) is 2.10. The van der Waals surface area contributed by atoms with E-state index in [-0.39, 0.29) is 5.60 Å². The zero-order valence-electron chi connectivity index (χ0n) is 9.62. The number of hydrogen-bond donors (Lipinski definition) is 0. The SMILES string of the molecule is CC(C)(C)Oc1ccnc2c(Cl)cccc12. The highest BCUT2D eigenvalue weighted by molar-refractivity contribution is 6.35. The summed E-state index contributed by atoms with van der Waals surface area (Å²) in [5.74, 6) is 0.819. The third kappa shape index (κ3) is 2.27. The largest absolute Gasteiger partial charge is 0.487 e. The molecule has 2 nitrogen and oxygen atoms in total. The second kappa shape index (κ2) is 3.95. The minimum atomic E-state index is -0.226. The first-order chi connectivity index (χ1) is 7.47. The van der Waals surface area contributed by atoms with E-state index in [0.29, 0.717) is 5.02 Å². The summed E-state index contributed by atoms with van der Waals surface area (Å²) in [7, 11) is 0. The number of pyridine rings is 1. The molecule has 0 bridgehead atoms. The zero-order valence-corrected chi connectivity index (χ0v) is 10.4. The van der Waals surface area contributed by atoms with Gasteiger partial charge in [0.05, 0.1) is 10.5 Å². The molecule has 0 saturated heterocycles.